The predicted octanol–water partition coefficient (Wildman–Crippen LogP) is 3.51. The van der Waals surface area contributed by atoms with E-state index in [1.165, 1.54) is 0 Å². The Morgan fingerprint density at radius 3 is 2.70 bits per heavy atom. The van der Waals surface area contributed by atoms with E-state index < -0.39 is 0 Å². The summed E-state index contributed by atoms with van der Waals surface area (Å²) in [7, 11) is 0. The van der Waals surface area contributed by atoms with Crippen molar-refractivity contribution >= 4 is 17.5 Å². The number of hydrogen-bond donors (Lipinski definition) is 1. The number of fused-ring (bicyclic) bond motifs is 1. The highest BCUT2D eigenvalue weighted by Crippen LogP contribution is 2.34. The van der Waals surface area contributed by atoms with Crippen LogP contribution in [0.5, 0.6) is 5.75 Å². The van der Waals surface area contributed by atoms with E-state index in [1.807, 2.05) is 63.2 Å². The SMILES string of the molecule is Cc1ccc2c(c1)N(C(=O)CCC(=O)NCc1ccccc1C)C[C@@H](C)O2. The molecule has 0 saturated carbocycles. The predicted molar refractivity (Wildman–Crippen MR) is 106 cm³/mol. The van der Waals surface area contributed by atoms with Crippen LogP contribution in [0.15, 0.2) is 42.5 Å². The van der Waals surface area contributed by atoms with Gasteiger partial charge < -0.3 is 15.0 Å². The van der Waals surface area contributed by atoms with Crippen molar-refractivity contribution in [2.75, 3.05) is 11.4 Å². The normalized spacial score (nSPS) is 15.7. The van der Waals surface area contributed by atoms with Crippen molar-refractivity contribution < 1.29 is 14.3 Å². The Bertz CT molecular complexity index is 847. The molecule has 0 unspecified atom stereocenters. The minimum atomic E-state index is -0.114. The van der Waals surface area contributed by atoms with Gasteiger partial charge in [-0.05, 0) is 49.6 Å². The highest BCUT2D eigenvalue weighted by molar-refractivity contribution is 5.97. The molecule has 2 aromatic carbocycles. The van der Waals surface area contributed by atoms with Gasteiger partial charge in [0, 0.05) is 19.4 Å². The number of amides is 2. The molecule has 0 aliphatic carbocycles. The van der Waals surface area contributed by atoms with Crippen molar-refractivity contribution in [1.29, 1.82) is 0 Å². The summed E-state index contributed by atoms with van der Waals surface area (Å²) in [6.45, 7) is 6.93. The summed E-state index contributed by atoms with van der Waals surface area (Å²) in [4.78, 5) is 26.7. The molecule has 5 heteroatoms. The fourth-order valence-electron chi connectivity index (χ4n) is 3.23. The standard InChI is InChI=1S/C22H26N2O3/c1-15-8-9-20-19(12-15)24(14-17(3)27-20)22(26)11-10-21(25)23-13-18-7-5-4-6-16(18)2/h4-9,12,17H,10-11,13-14H2,1-3H3,(H,23,25)/t17-/m1/s1. The van der Waals surface area contributed by atoms with Crippen molar-refractivity contribution in [3.05, 3.63) is 59.2 Å². The molecule has 27 heavy (non-hydrogen) atoms. The minimum Gasteiger partial charge on any atom is -0.487 e. The van der Waals surface area contributed by atoms with Gasteiger partial charge in [0.1, 0.15) is 11.9 Å². The summed E-state index contributed by atoms with van der Waals surface area (Å²) < 4.78 is 5.82. The van der Waals surface area contributed by atoms with Crippen LogP contribution < -0.4 is 15.0 Å². The van der Waals surface area contributed by atoms with Gasteiger partial charge in [-0.15, -0.1) is 0 Å². The molecule has 2 aromatic rings. The molecule has 5 nitrogen and oxygen atoms in total. The largest absolute Gasteiger partial charge is 0.487 e. The van der Waals surface area contributed by atoms with Crippen molar-refractivity contribution in [2.45, 2.75) is 46.3 Å². The topological polar surface area (TPSA) is 58.6 Å². The summed E-state index contributed by atoms with van der Waals surface area (Å²) in [6, 6.07) is 13.8. The van der Waals surface area contributed by atoms with Crippen LogP contribution in [-0.4, -0.2) is 24.5 Å². The third-order valence-electron chi connectivity index (χ3n) is 4.78. The number of hydrogen-bond acceptors (Lipinski definition) is 3. The summed E-state index contributed by atoms with van der Waals surface area (Å²) in [5.74, 6) is 0.553. The number of carbonyl (C=O) groups is 2. The molecule has 0 bridgehead atoms. The molecule has 1 atom stereocenters. The molecule has 0 radical (unpaired) electrons. The van der Waals surface area contributed by atoms with Gasteiger partial charge in [-0.25, -0.2) is 0 Å². The van der Waals surface area contributed by atoms with Gasteiger partial charge in [-0.1, -0.05) is 30.3 Å². The molecule has 0 saturated heterocycles. The highest BCUT2D eigenvalue weighted by atomic mass is 16.5. The van der Waals surface area contributed by atoms with E-state index in [0.717, 1.165) is 28.1 Å². The number of aryl methyl sites for hydroxylation is 2. The van der Waals surface area contributed by atoms with Crippen molar-refractivity contribution in [3.8, 4) is 5.75 Å². The van der Waals surface area contributed by atoms with Crippen LogP contribution in [0.1, 0.15) is 36.5 Å². The molecule has 0 aromatic heterocycles. The maximum Gasteiger partial charge on any atom is 0.227 e. The average molecular weight is 366 g/mol. The lowest BCUT2D eigenvalue weighted by Crippen LogP contribution is -2.42. The first-order chi connectivity index (χ1) is 12.9. The molecular formula is C22H26N2O3. The first-order valence-electron chi connectivity index (χ1n) is 9.33. The first-order valence-corrected chi connectivity index (χ1v) is 9.33. The van der Waals surface area contributed by atoms with E-state index in [9.17, 15) is 9.59 Å². The van der Waals surface area contributed by atoms with E-state index in [0.29, 0.717) is 13.1 Å². The Balaban J connectivity index is 1.57. The number of nitrogens with zero attached hydrogens (tertiary/aromatic N) is 1. The van der Waals surface area contributed by atoms with E-state index in [4.69, 9.17) is 4.74 Å². The smallest absolute Gasteiger partial charge is 0.227 e. The second-order valence-electron chi connectivity index (χ2n) is 7.11. The number of ether oxygens (including phenoxy) is 1. The summed E-state index contributed by atoms with van der Waals surface area (Å²) in [5.41, 5.74) is 4.09. The number of rotatable bonds is 5. The molecule has 2 amide bonds. The highest BCUT2D eigenvalue weighted by Gasteiger charge is 2.27. The summed E-state index contributed by atoms with van der Waals surface area (Å²) in [5, 5.41) is 2.90. The third kappa shape index (κ3) is 4.67. The van der Waals surface area contributed by atoms with Gasteiger partial charge in [-0.2, -0.15) is 0 Å². The number of benzene rings is 2. The van der Waals surface area contributed by atoms with E-state index in [-0.39, 0.29) is 30.8 Å². The molecule has 3 rings (SSSR count). The summed E-state index contributed by atoms with van der Waals surface area (Å²) >= 11 is 0. The van der Waals surface area contributed by atoms with E-state index in [1.54, 1.807) is 4.90 Å². The fraction of sp³-hybridized carbons (Fsp3) is 0.364. The minimum absolute atomic E-state index is 0.0527. The van der Waals surface area contributed by atoms with Crippen molar-refractivity contribution in [2.24, 2.45) is 0 Å². The molecule has 0 fully saturated rings. The number of anilines is 1. The lowest BCUT2D eigenvalue weighted by Gasteiger charge is -2.33. The maximum absolute atomic E-state index is 12.7. The van der Waals surface area contributed by atoms with Crippen LogP contribution in [0.4, 0.5) is 5.69 Å². The Hall–Kier alpha value is -2.82. The van der Waals surface area contributed by atoms with Crippen LogP contribution in [-0.2, 0) is 16.1 Å². The molecule has 1 aliphatic heterocycles. The second-order valence-corrected chi connectivity index (χ2v) is 7.11. The zero-order valence-electron chi connectivity index (χ0n) is 16.1. The zero-order valence-corrected chi connectivity index (χ0v) is 16.1. The van der Waals surface area contributed by atoms with Gasteiger partial charge >= 0.3 is 0 Å². The zero-order chi connectivity index (χ0) is 19.4. The van der Waals surface area contributed by atoms with Crippen LogP contribution in [0.25, 0.3) is 0 Å². The lowest BCUT2D eigenvalue weighted by molar-refractivity contribution is -0.125. The Morgan fingerprint density at radius 1 is 1.15 bits per heavy atom. The van der Waals surface area contributed by atoms with Crippen LogP contribution in [0.2, 0.25) is 0 Å². The first kappa shape index (κ1) is 19.0. The van der Waals surface area contributed by atoms with Gasteiger partial charge in [0.15, 0.2) is 0 Å². The quantitative estimate of drug-likeness (QED) is 0.881. The van der Waals surface area contributed by atoms with E-state index >= 15 is 0 Å². The third-order valence-corrected chi connectivity index (χ3v) is 4.78. The van der Waals surface area contributed by atoms with Gasteiger partial charge in [0.05, 0.1) is 12.2 Å². The lowest BCUT2D eigenvalue weighted by atomic mass is 10.1. The molecule has 0 spiro atoms. The Morgan fingerprint density at radius 2 is 1.93 bits per heavy atom. The van der Waals surface area contributed by atoms with Gasteiger partial charge in [-0.3, -0.25) is 9.59 Å². The Labute approximate surface area is 160 Å². The summed E-state index contributed by atoms with van der Waals surface area (Å²) in [6.07, 6.45) is 0.288. The molecule has 1 N–H and O–H groups in total. The Kier molecular flexibility index (Phi) is 5.79. The average Bonchev–Trinajstić information content (AvgIpc) is 2.65. The second kappa shape index (κ2) is 8.25. The van der Waals surface area contributed by atoms with Crippen molar-refractivity contribution in [3.63, 3.8) is 0 Å². The monoisotopic (exact) mass is 366 g/mol. The van der Waals surface area contributed by atoms with Crippen LogP contribution >= 0.6 is 0 Å². The molecular weight excluding hydrogens is 340 g/mol. The molecule has 1 heterocycles. The molecule has 142 valence electrons. The number of carbonyl (C=O) groups excluding carboxylic acids is 2. The maximum atomic E-state index is 12.7. The van der Waals surface area contributed by atoms with Gasteiger partial charge in [0.2, 0.25) is 11.8 Å². The number of nitrogens with one attached hydrogen (secondary N) is 1. The van der Waals surface area contributed by atoms with Crippen LogP contribution in [0, 0.1) is 13.8 Å². The van der Waals surface area contributed by atoms with Gasteiger partial charge in [0.25, 0.3) is 0 Å². The van der Waals surface area contributed by atoms with Crippen LogP contribution in [0.3, 0.4) is 0 Å². The molecule has 1 aliphatic rings. The van der Waals surface area contributed by atoms with Crippen molar-refractivity contribution in [1.82, 2.24) is 5.32 Å². The fourth-order valence-corrected chi connectivity index (χ4v) is 3.23. The van der Waals surface area contributed by atoms with E-state index in [2.05, 4.69) is 5.32 Å².